The lowest BCUT2D eigenvalue weighted by molar-refractivity contribution is -0.156. The molecule has 2 rings (SSSR count). The number of amides is 1. The summed E-state index contributed by atoms with van der Waals surface area (Å²) < 4.78 is 0. The van der Waals surface area contributed by atoms with Gasteiger partial charge in [0.05, 0.1) is 12.6 Å². The van der Waals surface area contributed by atoms with Gasteiger partial charge in [0, 0.05) is 0 Å². The number of hydrogen-bond donors (Lipinski definition) is 3. The number of aliphatic hydroxyl groups is 2. The Bertz CT molecular complexity index is 531. The Labute approximate surface area is 145 Å². The SMILES string of the molecule is CC(C)[C@@H]1CC[C@@H](C)C[C@@]1(O)C(=O)N[C@H](CO)Cc1ccccc1. The lowest BCUT2D eigenvalue weighted by atomic mass is 9.66. The molecular weight excluding hydrogens is 302 g/mol. The van der Waals surface area contributed by atoms with Crippen LogP contribution in [0.15, 0.2) is 30.3 Å². The third kappa shape index (κ3) is 4.37. The fourth-order valence-electron chi connectivity index (χ4n) is 4.00. The predicted molar refractivity (Wildman–Crippen MR) is 95.5 cm³/mol. The van der Waals surface area contributed by atoms with Gasteiger partial charge in [0.1, 0.15) is 5.60 Å². The normalized spacial score (nSPS) is 28.6. The molecular formula is C20H31NO3. The fraction of sp³-hybridized carbons (Fsp3) is 0.650. The number of rotatable bonds is 6. The van der Waals surface area contributed by atoms with Gasteiger partial charge < -0.3 is 15.5 Å². The van der Waals surface area contributed by atoms with Gasteiger partial charge in [0.15, 0.2) is 0 Å². The molecule has 0 saturated heterocycles. The molecule has 1 amide bonds. The first-order valence-electron chi connectivity index (χ1n) is 9.05. The first-order chi connectivity index (χ1) is 11.4. The molecule has 1 aromatic carbocycles. The van der Waals surface area contributed by atoms with E-state index in [9.17, 15) is 15.0 Å². The molecule has 134 valence electrons. The molecule has 3 N–H and O–H groups in total. The number of aliphatic hydroxyl groups excluding tert-OH is 1. The zero-order chi connectivity index (χ0) is 17.7. The van der Waals surface area contributed by atoms with Crippen LogP contribution >= 0.6 is 0 Å². The molecule has 0 radical (unpaired) electrons. The van der Waals surface area contributed by atoms with Gasteiger partial charge in [-0.05, 0) is 42.6 Å². The summed E-state index contributed by atoms with van der Waals surface area (Å²) in [6.45, 7) is 6.07. The summed E-state index contributed by atoms with van der Waals surface area (Å²) in [5.41, 5.74) is -0.281. The highest BCUT2D eigenvalue weighted by Gasteiger charge is 2.48. The Morgan fingerprint density at radius 1 is 1.29 bits per heavy atom. The van der Waals surface area contributed by atoms with Crippen molar-refractivity contribution in [3.05, 3.63) is 35.9 Å². The van der Waals surface area contributed by atoms with Gasteiger partial charge in [-0.3, -0.25) is 4.79 Å². The molecule has 4 atom stereocenters. The van der Waals surface area contributed by atoms with Crippen molar-refractivity contribution >= 4 is 5.91 Å². The molecule has 0 heterocycles. The number of carbonyl (C=O) groups excluding carboxylic acids is 1. The minimum absolute atomic E-state index is 0.0373. The summed E-state index contributed by atoms with van der Waals surface area (Å²) in [6, 6.07) is 9.39. The molecule has 1 aromatic rings. The third-order valence-corrected chi connectivity index (χ3v) is 5.32. The summed E-state index contributed by atoms with van der Waals surface area (Å²) in [6.07, 6.45) is 2.96. The second kappa shape index (κ2) is 8.13. The second-order valence-electron chi connectivity index (χ2n) is 7.70. The summed E-state index contributed by atoms with van der Waals surface area (Å²) >= 11 is 0. The van der Waals surface area contributed by atoms with Crippen molar-refractivity contribution in [3.8, 4) is 0 Å². The molecule has 4 nitrogen and oxygen atoms in total. The minimum atomic E-state index is -1.34. The lowest BCUT2D eigenvalue weighted by Gasteiger charge is -2.43. The highest BCUT2D eigenvalue weighted by molar-refractivity contribution is 5.85. The molecule has 0 bridgehead atoms. The zero-order valence-corrected chi connectivity index (χ0v) is 15.0. The van der Waals surface area contributed by atoms with Crippen LogP contribution in [0.3, 0.4) is 0 Å². The van der Waals surface area contributed by atoms with E-state index in [0.717, 1.165) is 18.4 Å². The first-order valence-corrected chi connectivity index (χ1v) is 9.05. The van der Waals surface area contributed by atoms with Crippen molar-refractivity contribution in [1.82, 2.24) is 5.32 Å². The summed E-state index contributed by atoms with van der Waals surface area (Å²) in [5, 5.41) is 23.7. The van der Waals surface area contributed by atoms with Crippen molar-refractivity contribution in [3.63, 3.8) is 0 Å². The molecule has 4 heteroatoms. The van der Waals surface area contributed by atoms with Crippen molar-refractivity contribution in [2.24, 2.45) is 17.8 Å². The Hall–Kier alpha value is -1.39. The molecule has 24 heavy (non-hydrogen) atoms. The summed E-state index contributed by atoms with van der Waals surface area (Å²) in [5.74, 6) is 0.208. The van der Waals surface area contributed by atoms with Crippen molar-refractivity contribution in [2.45, 2.75) is 58.1 Å². The maximum Gasteiger partial charge on any atom is 0.252 e. The standard InChI is InChI=1S/C20H31NO3/c1-14(2)18-10-9-15(3)12-20(18,24)19(23)21-17(13-22)11-16-7-5-4-6-8-16/h4-8,14-15,17-18,22,24H,9-13H2,1-3H3,(H,21,23)/t15-,17+,18+,20+/m1/s1. The van der Waals surface area contributed by atoms with Crippen LogP contribution in [0, 0.1) is 17.8 Å². The zero-order valence-electron chi connectivity index (χ0n) is 15.0. The Morgan fingerprint density at radius 2 is 1.96 bits per heavy atom. The minimum Gasteiger partial charge on any atom is -0.394 e. The van der Waals surface area contributed by atoms with Crippen LogP contribution in [0.4, 0.5) is 0 Å². The quantitative estimate of drug-likeness (QED) is 0.749. The molecule has 0 spiro atoms. The summed E-state index contributed by atoms with van der Waals surface area (Å²) in [7, 11) is 0. The lowest BCUT2D eigenvalue weighted by Crippen LogP contribution is -2.58. The van der Waals surface area contributed by atoms with E-state index in [2.05, 4.69) is 26.1 Å². The number of carbonyl (C=O) groups is 1. The van der Waals surface area contributed by atoms with Crippen LogP contribution in [0.2, 0.25) is 0 Å². The monoisotopic (exact) mass is 333 g/mol. The van der Waals surface area contributed by atoms with E-state index >= 15 is 0 Å². The highest BCUT2D eigenvalue weighted by Crippen LogP contribution is 2.41. The van der Waals surface area contributed by atoms with Gasteiger partial charge in [0.2, 0.25) is 0 Å². The average Bonchev–Trinajstić information content (AvgIpc) is 2.54. The van der Waals surface area contributed by atoms with Gasteiger partial charge in [-0.15, -0.1) is 0 Å². The first kappa shape index (κ1) is 18.9. The van der Waals surface area contributed by atoms with E-state index in [1.165, 1.54) is 0 Å². The molecule has 0 aromatic heterocycles. The molecule has 1 saturated carbocycles. The van der Waals surface area contributed by atoms with Gasteiger partial charge in [-0.1, -0.05) is 57.5 Å². The van der Waals surface area contributed by atoms with Gasteiger partial charge in [-0.25, -0.2) is 0 Å². The van der Waals surface area contributed by atoms with Gasteiger partial charge in [-0.2, -0.15) is 0 Å². The molecule has 0 unspecified atom stereocenters. The van der Waals surface area contributed by atoms with E-state index in [1.807, 2.05) is 30.3 Å². The maximum atomic E-state index is 12.9. The maximum absolute atomic E-state index is 12.9. The number of benzene rings is 1. The third-order valence-electron chi connectivity index (χ3n) is 5.32. The van der Waals surface area contributed by atoms with Crippen molar-refractivity contribution in [1.29, 1.82) is 0 Å². The highest BCUT2D eigenvalue weighted by atomic mass is 16.3. The van der Waals surface area contributed by atoms with Gasteiger partial charge in [0.25, 0.3) is 5.91 Å². The van der Waals surface area contributed by atoms with E-state index in [-0.39, 0.29) is 30.4 Å². The second-order valence-corrected chi connectivity index (χ2v) is 7.70. The smallest absolute Gasteiger partial charge is 0.252 e. The fourth-order valence-corrected chi connectivity index (χ4v) is 4.00. The molecule has 1 aliphatic carbocycles. The van der Waals surface area contributed by atoms with Crippen LogP contribution in [-0.2, 0) is 11.2 Å². The van der Waals surface area contributed by atoms with E-state index < -0.39 is 5.60 Å². The van der Waals surface area contributed by atoms with Crippen molar-refractivity contribution in [2.75, 3.05) is 6.61 Å². The van der Waals surface area contributed by atoms with Crippen LogP contribution in [-0.4, -0.2) is 34.4 Å². The van der Waals surface area contributed by atoms with Gasteiger partial charge >= 0.3 is 0 Å². The van der Waals surface area contributed by atoms with E-state index in [0.29, 0.717) is 18.8 Å². The predicted octanol–water partition coefficient (Wildman–Crippen LogP) is 2.53. The summed E-state index contributed by atoms with van der Waals surface area (Å²) in [4.78, 5) is 12.9. The topological polar surface area (TPSA) is 69.6 Å². The average molecular weight is 333 g/mol. The Morgan fingerprint density at radius 3 is 2.54 bits per heavy atom. The molecule has 1 fully saturated rings. The largest absolute Gasteiger partial charge is 0.394 e. The molecule has 0 aliphatic heterocycles. The number of nitrogens with one attached hydrogen (secondary N) is 1. The van der Waals surface area contributed by atoms with E-state index in [1.54, 1.807) is 0 Å². The van der Waals surface area contributed by atoms with Crippen LogP contribution in [0.1, 0.15) is 45.6 Å². The van der Waals surface area contributed by atoms with Crippen LogP contribution in [0.25, 0.3) is 0 Å². The van der Waals surface area contributed by atoms with Crippen LogP contribution < -0.4 is 5.32 Å². The Balaban J connectivity index is 2.09. The molecule has 1 aliphatic rings. The number of hydrogen-bond acceptors (Lipinski definition) is 3. The van der Waals surface area contributed by atoms with Crippen LogP contribution in [0.5, 0.6) is 0 Å². The van der Waals surface area contributed by atoms with E-state index in [4.69, 9.17) is 0 Å². The van der Waals surface area contributed by atoms with Crippen molar-refractivity contribution < 1.29 is 15.0 Å². The Kier molecular flexibility index (Phi) is 6.41.